The molecule has 334 valence electrons. The van der Waals surface area contributed by atoms with Gasteiger partial charge in [0, 0.05) is 37.7 Å². The van der Waals surface area contributed by atoms with Crippen molar-refractivity contribution in [2.45, 2.75) is 115 Å². The van der Waals surface area contributed by atoms with Gasteiger partial charge in [0.2, 0.25) is 0 Å². The number of Topliss-reactive ketones (excluding diaryl/α,β-unsaturated/α-hetero) is 1. The second kappa shape index (κ2) is 16.8. The first kappa shape index (κ1) is 45.3. The maximum absolute atomic E-state index is 15.5. The number of nitrogens with one attached hydrogen (secondary N) is 1. The standard InChI is InChI=1S/C48H53NO14/c1-25-18-20-29(21-19-25)36(49-42(55)30-14-10-8-11-15-30)37(53)44(57)61-32-23-48(58)41(62-43(56)31-16-12-9-13-17-31)39-46(7,33(52)22-34-47(39,24-59-34)63-28(4)51)40(54)38(60-27(3)50)35(26(32)2)45(48,5)6/h8-21,32-34,36-39,41,52-53,58H,22-24H2,1-7H3,(H,49,55)/t32-,33-,34?,36+,37+,38+,39-,41-,46+,47-,48+/m0/s1. The van der Waals surface area contributed by atoms with Gasteiger partial charge >= 0.3 is 23.9 Å². The van der Waals surface area contributed by atoms with Crippen LogP contribution in [0.1, 0.15) is 92.3 Å². The van der Waals surface area contributed by atoms with E-state index in [1.54, 1.807) is 86.6 Å². The Morgan fingerprint density at radius 3 is 1.98 bits per heavy atom. The number of aliphatic hydroxyl groups is 3. The number of amides is 1. The third kappa shape index (κ3) is 7.64. The number of aryl methyl sites for hydroxylation is 1. The van der Waals surface area contributed by atoms with Gasteiger partial charge in [0.25, 0.3) is 5.91 Å². The Hall–Kier alpha value is -5.74. The summed E-state index contributed by atoms with van der Waals surface area (Å²) in [5.41, 5.74) is -6.14. The highest BCUT2D eigenvalue weighted by molar-refractivity contribution is 5.96. The van der Waals surface area contributed by atoms with Crippen molar-refractivity contribution in [3.8, 4) is 0 Å². The van der Waals surface area contributed by atoms with Gasteiger partial charge in [-0.15, -0.1) is 0 Å². The Morgan fingerprint density at radius 2 is 1.43 bits per heavy atom. The summed E-state index contributed by atoms with van der Waals surface area (Å²) in [5, 5.41) is 40.4. The molecule has 0 aromatic heterocycles. The lowest BCUT2D eigenvalue weighted by Gasteiger charge is -2.67. The molecule has 1 amide bonds. The Labute approximate surface area is 364 Å². The second-order valence-corrected chi connectivity index (χ2v) is 17.9. The van der Waals surface area contributed by atoms with Crippen molar-refractivity contribution in [2.24, 2.45) is 16.7 Å². The molecule has 4 N–H and O–H groups in total. The first-order valence-electron chi connectivity index (χ1n) is 20.9. The van der Waals surface area contributed by atoms with Gasteiger partial charge in [-0.2, -0.15) is 0 Å². The van der Waals surface area contributed by atoms with Crippen LogP contribution in [0, 0.1) is 23.7 Å². The quantitative estimate of drug-likeness (QED) is 0.128. The number of fused-ring (bicyclic) bond motifs is 5. The predicted molar refractivity (Wildman–Crippen MR) is 222 cm³/mol. The molecule has 15 heteroatoms. The molecule has 4 aliphatic rings. The SMILES string of the molecule is CC(=O)O[C@H]1C(=O)[C@]2(C)[C@@H](O)CC3OC[C@@]3(OC(C)=O)[C@H]2[C@H](OC(=O)c2ccccc2)[C@]2(O)C[C@H](OC(=O)[C@H](O)[C@H](NC(=O)c3ccccc3)c3ccc(C)cc3)C(C)=C1C2(C)C. The molecule has 3 aromatic rings. The normalized spacial score (nSPS) is 31.6. The maximum atomic E-state index is 15.5. The number of hydrogen-bond acceptors (Lipinski definition) is 14. The van der Waals surface area contributed by atoms with Crippen LogP contribution in [0.3, 0.4) is 0 Å². The minimum atomic E-state index is -2.39. The summed E-state index contributed by atoms with van der Waals surface area (Å²) in [6.45, 7) is 9.83. The van der Waals surface area contributed by atoms with Gasteiger partial charge < -0.3 is 44.3 Å². The van der Waals surface area contributed by atoms with Crippen molar-refractivity contribution in [1.29, 1.82) is 0 Å². The van der Waals surface area contributed by atoms with Gasteiger partial charge in [0.05, 0.1) is 35.6 Å². The van der Waals surface area contributed by atoms with E-state index in [4.69, 9.17) is 23.7 Å². The van der Waals surface area contributed by atoms with E-state index in [9.17, 15) is 39.3 Å². The summed E-state index contributed by atoms with van der Waals surface area (Å²) < 4.78 is 30.3. The number of ketones is 1. The van der Waals surface area contributed by atoms with Gasteiger partial charge in [0.15, 0.2) is 23.6 Å². The molecule has 1 aliphatic heterocycles. The van der Waals surface area contributed by atoms with Gasteiger partial charge in [-0.25, -0.2) is 9.59 Å². The zero-order chi connectivity index (χ0) is 45.8. The lowest BCUT2D eigenvalue weighted by molar-refractivity contribution is -0.346. The van der Waals surface area contributed by atoms with Crippen LogP contribution in [0.25, 0.3) is 0 Å². The number of carbonyl (C=O) groups is 6. The zero-order valence-electron chi connectivity index (χ0n) is 36.2. The van der Waals surface area contributed by atoms with Crippen LogP contribution in [-0.2, 0) is 42.9 Å². The van der Waals surface area contributed by atoms with Gasteiger partial charge in [-0.05, 0) is 61.7 Å². The zero-order valence-corrected chi connectivity index (χ0v) is 36.2. The third-order valence-electron chi connectivity index (χ3n) is 13.8. The van der Waals surface area contributed by atoms with Gasteiger partial charge in [-0.3, -0.25) is 19.2 Å². The molecule has 1 saturated heterocycles. The fourth-order valence-corrected chi connectivity index (χ4v) is 10.3. The van der Waals surface area contributed by atoms with E-state index >= 15 is 4.79 Å². The topological polar surface area (TPSA) is 221 Å². The fourth-order valence-electron chi connectivity index (χ4n) is 10.3. The molecule has 11 atom stereocenters. The van der Waals surface area contributed by atoms with Crippen LogP contribution >= 0.6 is 0 Å². The highest BCUT2D eigenvalue weighted by atomic mass is 16.6. The predicted octanol–water partition coefficient (Wildman–Crippen LogP) is 4.04. The van der Waals surface area contributed by atoms with E-state index in [1.165, 1.54) is 26.0 Å². The highest BCUT2D eigenvalue weighted by Gasteiger charge is 2.78. The van der Waals surface area contributed by atoms with E-state index in [0.29, 0.717) is 5.56 Å². The van der Waals surface area contributed by atoms with Crippen LogP contribution in [0.2, 0.25) is 0 Å². The molecule has 0 radical (unpaired) electrons. The first-order chi connectivity index (χ1) is 29.7. The summed E-state index contributed by atoms with van der Waals surface area (Å²) in [6.07, 6.45) is -10.5. The minimum Gasteiger partial charge on any atom is -0.456 e. The summed E-state index contributed by atoms with van der Waals surface area (Å²) in [7, 11) is 0. The number of rotatable bonds is 10. The molecule has 7 rings (SSSR count). The smallest absolute Gasteiger partial charge is 0.338 e. The average molecular weight is 868 g/mol. The lowest BCUT2D eigenvalue weighted by Crippen LogP contribution is -2.82. The molecule has 1 unspecified atom stereocenters. The minimum absolute atomic E-state index is 0.00245. The molecule has 3 fully saturated rings. The molecule has 1 heterocycles. The molecule has 3 aromatic carbocycles. The third-order valence-corrected chi connectivity index (χ3v) is 13.8. The molecule has 15 nitrogen and oxygen atoms in total. The summed E-state index contributed by atoms with van der Waals surface area (Å²) in [5.74, 6) is -6.84. The van der Waals surface area contributed by atoms with Crippen LogP contribution in [0.15, 0.2) is 96.1 Å². The van der Waals surface area contributed by atoms with Gasteiger partial charge in [-0.1, -0.05) is 80.1 Å². The number of hydrogen-bond donors (Lipinski definition) is 4. The van der Waals surface area contributed by atoms with Crippen molar-refractivity contribution in [2.75, 3.05) is 6.61 Å². The number of benzene rings is 3. The van der Waals surface area contributed by atoms with Crippen molar-refractivity contribution in [3.63, 3.8) is 0 Å². The Kier molecular flexibility index (Phi) is 12.0. The maximum Gasteiger partial charge on any atom is 0.338 e. The monoisotopic (exact) mass is 867 g/mol. The Morgan fingerprint density at radius 1 is 0.825 bits per heavy atom. The lowest BCUT2D eigenvalue weighted by atomic mass is 9.44. The second-order valence-electron chi connectivity index (χ2n) is 17.9. The summed E-state index contributed by atoms with van der Waals surface area (Å²) in [6, 6.07) is 21.5. The summed E-state index contributed by atoms with van der Waals surface area (Å²) >= 11 is 0. The van der Waals surface area contributed by atoms with E-state index in [2.05, 4.69) is 5.32 Å². The number of esters is 4. The highest BCUT2D eigenvalue weighted by Crippen LogP contribution is 2.64. The number of carbonyl (C=O) groups excluding carboxylic acids is 6. The van der Waals surface area contributed by atoms with Crippen LogP contribution in [0.5, 0.6) is 0 Å². The molecule has 0 spiro atoms. The molecule has 3 aliphatic carbocycles. The van der Waals surface area contributed by atoms with Crippen LogP contribution < -0.4 is 5.32 Å². The van der Waals surface area contributed by atoms with Crippen molar-refractivity contribution < 1.29 is 67.8 Å². The van der Waals surface area contributed by atoms with Crippen LogP contribution in [0.4, 0.5) is 0 Å². The molecular formula is C48H53NO14. The van der Waals surface area contributed by atoms with Crippen molar-refractivity contribution in [1.82, 2.24) is 5.32 Å². The first-order valence-corrected chi connectivity index (χ1v) is 20.9. The summed E-state index contributed by atoms with van der Waals surface area (Å²) in [4.78, 5) is 83.7. The largest absolute Gasteiger partial charge is 0.456 e. The Balaban J connectivity index is 1.39. The van der Waals surface area contributed by atoms with Gasteiger partial charge in [0.1, 0.15) is 23.9 Å². The molecule has 2 saturated carbocycles. The molecular weight excluding hydrogens is 815 g/mol. The number of ether oxygens (including phenoxy) is 5. The fraction of sp³-hybridized carbons (Fsp3) is 0.458. The molecule has 63 heavy (non-hydrogen) atoms. The van der Waals surface area contributed by atoms with E-state index < -0.39 is 113 Å². The van der Waals surface area contributed by atoms with Crippen molar-refractivity contribution in [3.05, 3.63) is 118 Å². The number of aliphatic hydroxyl groups excluding tert-OH is 2. The van der Waals surface area contributed by atoms with E-state index in [-0.39, 0.29) is 35.3 Å². The Bertz CT molecular complexity index is 2330. The average Bonchev–Trinajstić information content (AvgIpc) is 3.24. The molecule has 2 bridgehead atoms. The van der Waals surface area contributed by atoms with E-state index in [0.717, 1.165) is 19.4 Å². The van der Waals surface area contributed by atoms with E-state index in [1.807, 2.05) is 6.92 Å². The van der Waals surface area contributed by atoms with Crippen molar-refractivity contribution >= 4 is 35.6 Å². The van der Waals surface area contributed by atoms with Crippen LogP contribution in [-0.4, -0.2) is 105 Å².